The molecule has 2 atom stereocenters. The highest BCUT2D eigenvalue weighted by Gasteiger charge is 2.37. The standard InChI is InChI=1S/C26H38FN3O/c1-17(2)14-26(15-18(3)11-19(4)16-26)9-10-28-24-8-7-22(13-23(24)27)30-21(6)29-20(5)12-25(30)31/h7-8,12-13,17-19,28H,9-11,14-16H2,1-6H3. The van der Waals surface area contributed by atoms with Gasteiger partial charge in [-0.3, -0.25) is 9.36 Å². The summed E-state index contributed by atoms with van der Waals surface area (Å²) in [5.41, 5.74) is 1.81. The normalized spacial score (nSPS) is 23.9. The Bertz CT molecular complexity index is 950. The maximum Gasteiger partial charge on any atom is 0.258 e. The van der Waals surface area contributed by atoms with Gasteiger partial charge in [-0.1, -0.05) is 27.7 Å². The van der Waals surface area contributed by atoms with Crippen molar-refractivity contribution in [3.63, 3.8) is 0 Å². The summed E-state index contributed by atoms with van der Waals surface area (Å²) in [5, 5.41) is 3.33. The highest BCUT2D eigenvalue weighted by molar-refractivity contribution is 5.50. The van der Waals surface area contributed by atoms with Crippen LogP contribution in [0.1, 0.15) is 71.3 Å². The molecule has 0 amide bonds. The van der Waals surface area contributed by atoms with Crippen molar-refractivity contribution in [2.75, 3.05) is 11.9 Å². The second-order valence-electron chi connectivity index (χ2n) is 10.4. The van der Waals surface area contributed by atoms with E-state index in [4.69, 9.17) is 0 Å². The van der Waals surface area contributed by atoms with E-state index in [0.29, 0.717) is 34.2 Å². The molecule has 4 nitrogen and oxygen atoms in total. The fourth-order valence-corrected chi connectivity index (χ4v) is 6.06. The molecule has 0 radical (unpaired) electrons. The van der Waals surface area contributed by atoms with Crippen LogP contribution < -0.4 is 10.9 Å². The fraction of sp³-hybridized carbons (Fsp3) is 0.615. The first-order chi connectivity index (χ1) is 14.6. The van der Waals surface area contributed by atoms with E-state index in [9.17, 15) is 9.18 Å². The van der Waals surface area contributed by atoms with Crippen LogP contribution in [-0.2, 0) is 0 Å². The lowest BCUT2D eigenvalue weighted by atomic mass is 9.61. The van der Waals surface area contributed by atoms with Crippen LogP contribution >= 0.6 is 0 Å². The van der Waals surface area contributed by atoms with Crippen molar-refractivity contribution in [3.8, 4) is 5.69 Å². The first-order valence-corrected chi connectivity index (χ1v) is 11.7. The van der Waals surface area contributed by atoms with Gasteiger partial charge < -0.3 is 5.32 Å². The molecular formula is C26H38FN3O. The zero-order valence-electron chi connectivity index (χ0n) is 20.0. The summed E-state index contributed by atoms with van der Waals surface area (Å²) in [4.78, 5) is 16.7. The van der Waals surface area contributed by atoms with Crippen molar-refractivity contribution >= 4 is 5.69 Å². The van der Waals surface area contributed by atoms with Gasteiger partial charge in [0.05, 0.1) is 11.4 Å². The van der Waals surface area contributed by atoms with Crippen LogP contribution in [0.3, 0.4) is 0 Å². The molecule has 1 aromatic carbocycles. The highest BCUT2D eigenvalue weighted by Crippen LogP contribution is 2.48. The molecule has 2 aromatic rings. The SMILES string of the molecule is Cc1cc(=O)n(-c2ccc(NCCC3(CC(C)C)CC(C)CC(C)C3)c(F)c2)c(C)n1. The summed E-state index contributed by atoms with van der Waals surface area (Å²) in [5.74, 6) is 2.39. The van der Waals surface area contributed by atoms with E-state index >= 15 is 0 Å². The summed E-state index contributed by atoms with van der Waals surface area (Å²) in [6.45, 7) is 13.7. The number of anilines is 1. The van der Waals surface area contributed by atoms with E-state index in [1.807, 2.05) is 0 Å². The van der Waals surface area contributed by atoms with E-state index < -0.39 is 0 Å². The molecule has 1 aromatic heterocycles. The van der Waals surface area contributed by atoms with Crippen LogP contribution in [0, 0.1) is 42.8 Å². The van der Waals surface area contributed by atoms with Gasteiger partial charge in [0.1, 0.15) is 11.6 Å². The van der Waals surface area contributed by atoms with E-state index in [1.165, 1.54) is 42.4 Å². The Balaban J connectivity index is 1.73. The van der Waals surface area contributed by atoms with Crippen molar-refractivity contribution in [1.82, 2.24) is 9.55 Å². The lowest BCUT2D eigenvalue weighted by molar-refractivity contribution is 0.0745. The first-order valence-electron chi connectivity index (χ1n) is 11.7. The van der Waals surface area contributed by atoms with Crippen LogP contribution in [0.15, 0.2) is 29.1 Å². The minimum Gasteiger partial charge on any atom is -0.383 e. The molecule has 1 aliphatic carbocycles. The number of halogens is 1. The maximum atomic E-state index is 14.9. The van der Waals surface area contributed by atoms with Crippen LogP contribution in [-0.4, -0.2) is 16.1 Å². The molecule has 3 rings (SSSR count). The number of hydrogen-bond donors (Lipinski definition) is 1. The van der Waals surface area contributed by atoms with Crippen molar-refractivity contribution in [2.24, 2.45) is 23.2 Å². The molecule has 1 N–H and O–H groups in total. The van der Waals surface area contributed by atoms with Crippen LogP contribution in [0.25, 0.3) is 5.69 Å². The second kappa shape index (κ2) is 9.54. The summed E-state index contributed by atoms with van der Waals surface area (Å²) in [6.07, 6.45) is 6.13. The largest absolute Gasteiger partial charge is 0.383 e. The molecule has 31 heavy (non-hydrogen) atoms. The maximum absolute atomic E-state index is 14.9. The minimum absolute atomic E-state index is 0.193. The molecule has 5 heteroatoms. The predicted molar refractivity (Wildman–Crippen MR) is 126 cm³/mol. The number of hydrogen-bond acceptors (Lipinski definition) is 3. The van der Waals surface area contributed by atoms with Gasteiger partial charge in [-0.25, -0.2) is 9.37 Å². The number of nitrogens with zero attached hydrogens (tertiary/aromatic N) is 2. The lowest BCUT2D eigenvalue weighted by Gasteiger charge is -2.44. The fourth-order valence-electron chi connectivity index (χ4n) is 6.06. The predicted octanol–water partition coefficient (Wildman–Crippen LogP) is 6.28. The van der Waals surface area contributed by atoms with Crippen molar-refractivity contribution in [3.05, 3.63) is 52.0 Å². The molecule has 1 fully saturated rings. The van der Waals surface area contributed by atoms with E-state index in [-0.39, 0.29) is 11.4 Å². The third kappa shape index (κ3) is 5.75. The first kappa shape index (κ1) is 23.5. The quantitative estimate of drug-likeness (QED) is 0.566. The molecule has 170 valence electrons. The summed E-state index contributed by atoms with van der Waals surface area (Å²) >= 11 is 0. The van der Waals surface area contributed by atoms with Crippen LogP contribution in [0.5, 0.6) is 0 Å². The third-order valence-corrected chi connectivity index (χ3v) is 6.61. The number of nitrogens with one attached hydrogen (secondary N) is 1. The Morgan fingerprint density at radius 2 is 1.87 bits per heavy atom. The molecule has 0 bridgehead atoms. The van der Waals surface area contributed by atoms with Gasteiger partial charge in [0.15, 0.2) is 0 Å². The van der Waals surface area contributed by atoms with Crippen molar-refractivity contribution in [2.45, 2.75) is 73.6 Å². The molecule has 2 unspecified atom stereocenters. The molecule has 0 saturated heterocycles. The van der Waals surface area contributed by atoms with Gasteiger partial charge in [0, 0.05) is 24.4 Å². The molecule has 1 saturated carbocycles. The highest BCUT2D eigenvalue weighted by atomic mass is 19.1. The van der Waals surface area contributed by atoms with Crippen LogP contribution in [0.2, 0.25) is 0 Å². The van der Waals surface area contributed by atoms with E-state index in [0.717, 1.165) is 24.8 Å². The number of aromatic nitrogens is 2. The molecule has 0 spiro atoms. The lowest BCUT2D eigenvalue weighted by Crippen LogP contribution is -2.34. The van der Waals surface area contributed by atoms with Gasteiger partial charge in [0.2, 0.25) is 0 Å². The van der Waals surface area contributed by atoms with Crippen molar-refractivity contribution in [1.29, 1.82) is 0 Å². The molecule has 1 aliphatic rings. The van der Waals surface area contributed by atoms with E-state index in [1.54, 1.807) is 26.0 Å². The van der Waals surface area contributed by atoms with Gasteiger partial charge in [-0.15, -0.1) is 0 Å². The second-order valence-corrected chi connectivity index (χ2v) is 10.4. The Hall–Kier alpha value is -2.17. The zero-order valence-corrected chi connectivity index (χ0v) is 20.0. The molecule has 0 aliphatic heterocycles. The average Bonchev–Trinajstić information content (AvgIpc) is 2.61. The average molecular weight is 428 g/mol. The van der Waals surface area contributed by atoms with Gasteiger partial charge in [-0.05, 0) is 81.3 Å². The Kier molecular flexibility index (Phi) is 7.23. The minimum atomic E-state index is -0.340. The summed E-state index contributed by atoms with van der Waals surface area (Å²) in [6, 6.07) is 6.41. The Morgan fingerprint density at radius 3 is 2.45 bits per heavy atom. The monoisotopic (exact) mass is 427 g/mol. The van der Waals surface area contributed by atoms with Gasteiger partial charge in [0.25, 0.3) is 5.56 Å². The third-order valence-electron chi connectivity index (χ3n) is 6.61. The zero-order chi connectivity index (χ0) is 22.8. The summed E-state index contributed by atoms with van der Waals surface area (Å²) in [7, 11) is 0. The summed E-state index contributed by atoms with van der Waals surface area (Å²) < 4.78 is 16.3. The molecular weight excluding hydrogens is 389 g/mol. The smallest absolute Gasteiger partial charge is 0.258 e. The van der Waals surface area contributed by atoms with Crippen LogP contribution in [0.4, 0.5) is 10.1 Å². The Morgan fingerprint density at radius 1 is 1.19 bits per heavy atom. The van der Waals surface area contributed by atoms with Gasteiger partial charge in [-0.2, -0.15) is 0 Å². The number of rotatable bonds is 7. The Labute approximate surface area is 186 Å². The number of aryl methyl sites for hydroxylation is 2. The van der Waals surface area contributed by atoms with E-state index in [2.05, 4.69) is 38.0 Å². The topological polar surface area (TPSA) is 46.9 Å². The van der Waals surface area contributed by atoms with Gasteiger partial charge >= 0.3 is 0 Å². The number of benzene rings is 1. The molecule has 1 heterocycles. The van der Waals surface area contributed by atoms with Crippen molar-refractivity contribution < 1.29 is 4.39 Å².